The number of aromatic nitrogens is 1. The van der Waals surface area contributed by atoms with Crippen LogP contribution in [0, 0.1) is 5.92 Å². The lowest BCUT2D eigenvalue weighted by atomic mass is 9.86. The topological polar surface area (TPSA) is 80.6 Å². The highest BCUT2D eigenvalue weighted by Crippen LogP contribution is 2.27. The number of carbonyl (C=O) groups is 3. The maximum absolute atomic E-state index is 13.6. The van der Waals surface area contributed by atoms with Crippen molar-refractivity contribution in [3.05, 3.63) is 65.9 Å². The average Bonchev–Trinajstić information content (AvgIpc) is 3.27. The number of likely N-dealkylation sites (N-methyl/N-ethyl adjacent to an activating group) is 1. The van der Waals surface area contributed by atoms with Gasteiger partial charge in [0, 0.05) is 29.2 Å². The van der Waals surface area contributed by atoms with Gasteiger partial charge in [-0.3, -0.25) is 14.4 Å². The van der Waals surface area contributed by atoms with Crippen molar-refractivity contribution >= 4 is 34.4 Å². The van der Waals surface area contributed by atoms with Crippen LogP contribution < -0.4 is 10.2 Å². The Labute approximate surface area is 212 Å². The monoisotopic (exact) mass is 489 g/mol. The van der Waals surface area contributed by atoms with E-state index in [2.05, 4.69) is 12.2 Å². The van der Waals surface area contributed by atoms with E-state index in [0.29, 0.717) is 25.1 Å². The second kappa shape index (κ2) is 11.4. The number of anilines is 1. The third kappa shape index (κ3) is 5.30. The van der Waals surface area contributed by atoms with Crippen LogP contribution in [-0.4, -0.2) is 42.0 Å². The Hall–Kier alpha value is -3.61. The van der Waals surface area contributed by atoms with E-state index in [1.807, 2.05) is 66.1 Å². The van der Waals surface area contributed by atoms with Crippen molar-refractivity contribution in [3.8, 4) is 0 Å². The van der Waals surface area contributed by atoms with Crippen LogP contribution >= 0.6 is 0 Å². The molecule has 7 heteroatoms. The molecule has 1 aromatic heterocycles. The number of methoxy groups -OCH3 is 1. The maximum atomic E-state index is 13.6. The van der Waals surface area contributed by atoms with E-state index in [0.717, 1.165) is 41.4 Å². The van der Waals surface area contributed by atoms with Crippen LogP contribution in [-0.2, 0) is 27.3 Å². The van der Waals surface area contributed by atoms with Crippen molar-refractivity contribution in [1.29, 1.82) is 0 Å². The number of nitrogens with zero attached hydrogens (tertiary/aromatic N) is 2. The molecule has 2 aromatic carbocycles. The number of hydrogen-bond donors (Lipinski definition) is 1. The van der Waals surface area contributed by atoms with Crippen molar-refractivity contribution in [2.24, 2.45) is 5.92 Å². The van der Waals surface area contributed by atoms with Crippen molar-refractivity contribution in [1.82, 2.24) is 9.88 Å². The van der Waals surface area contributed by atoms with E-state index < -0.39 is 0 Å². The van der Waals surface area contributed by atoms with Gasteiger partial charge in [0.2, 0.25) is 5.91 Å². The van der Waals surface area contributed by atoms with Crippen LogP contribution in [0.3, 0.4) is 0 Å². The first-order chi connectivity index (χ1) is 17.5. The van der Waals surface area contributed by atoms with Crippen LogP contribution in [0.2, 0.25) is 0 Å². The smallest absolute Gasteiger partial charge is 0.308 e. The Bertz CT molecular complexity index is 1240. The fourth-order valence-electron chi connectivity index (χ4n) is 5.24. The highest BCUT2D eigenvalue weighted by atomic mass is 16.5. The second-order valence-corrected chi connectivity index (χ2v) is 9.34. The van der Waals surface area contributed by atoms with Crippen LogP contribution in [0.1, 0.15) is 55.6 Å². The van der Waals surface area contributed by atoms with Crippen LogP contribution in [0.4, 0.5) is 5.69 Å². The summed E-state index contributed by atoms with van der Waals surface area (Å²) in [5, 5.41) is 4.06. The molecule has 1 aliphatic carbocycles. The summed E-state index contributed by atoms with van der Waals surface area (Å²) in [6, 6.07) is 17.6. The van der Waals surface area contributed by atoms with Crippen LogP contribution in [0.25, 0.3) is 10.9 Å². The van der Waals surface area contributed by atoms with Gasteiger partial charge in [0.05, 0.1) is 13.0 Å². The zero-order valence-electron chi connectivity index (χ0n) is 21.3. The number of rotatable bonds is 8. The Morgan fingerprint density at radius 3 is 2.39 bits per heavy atom. The van der Waals surface area contributed by atoms with Crippen molar-refractivity contribution in [2.45, 2.75) is 58.5 Å². The minimum absolute atomic E-state index is 0.0101. The summed E-state index contributed by atoms with van der Waals surface area (Å²) in [6.07, 6.45) is 3.67. The molecule has 3 aromatic rings. The number of hydrogen-bond acceptors (Lipinski definition) is 4. The average molecular weight is 490 g/mol. The Morgan fingerprint density at radius 1 is 1.00 bits per heavy atom. The van der Waals surface area contributed by atoms with E-state index in [4.69, 9.17) is 4.74 Å². The summed E-state index contributed by atoms with van der Waals surface area (Å²) in [5.41, 5.74) is 3.35. The summed E-state index contributed by atoms with van der Waals surface area (Å²) < 4.78 is 6.69. The molecule has 1 fully saturated rings. The lowest BCUT2D eigenvalue weighted by Crippen LogP contribution is -2.40. The Kier molecular flexibility index (Phi) is 8.08. The summed E-state index contributed by atoms with van der Waals surface area (Å²) in [4.78, 5) is 40.6. The molecule has 0 radical (unpaired) electrons. The molecular weight excluding hydrogens is 454 g/mol. The zero-order valence-corrected chi connectivity index (χ0v) is 21.3. The van der Waals surface area contributed by atoms with Crippen LogP contribution in [0.15, 0.2) is 54.6 Å². The SMILES string of the molecule is CCc1ccccc1N(CC)C(=O)Cn1c(C(=O)NC2CCC(C(=O)OC)CC2)cc2ccccc21. The molecule has 1 heterocycles. The molecule has 0 saturated heterocycles. The normalized spacial score (nSPS) is 17.5. The van der Waals surface area contributed by atoms with Gasteiger partial charge in [-0.1, -0.05) is 43.3 Å². The Morgan fingerprint density at radius 2 is 1.69 bits per heavy atom. The number of amides is 2. The molecule has 190 valence electrons. The number of esters is 1. The first kappa shape index (κ1) is 25.5. The zero-order chi connectivity index (χ0) is 25.7. The third-order valence-electron chi connectivity index (χ3n) is 7.21. The molecule has 1 saturated carbocycles. The molecule has 0 aliphatic heterocycles. The first-order valence-corrected chi connectivity index (χ1v) is 12.8. The van der Waals surface area contributed by atoms with E-state index in [1.54, 1.807) is 4.90 Å². The molecule has 0 bridgehead atoms. The number of para-hydroxylation sites is 2. The fraction of sp³-hybridized carbons (Fsp3) is 0.414. The molecular formula is C29H35N3O4. The van der Waals surface area contributed by atoms with E-state index in [-0.39, 0.29) is 36.3 Å². The van der Waals surface area contributed by atoms with E-state index in [9.17, 15) is 14.4 Å². The molecule has 7 nitrogen and oxygen atoms in total. The molecule has 36 heavy (non-hydrogen) atoms. The largest absolute Gasteiger partial charge is 0.469 e. The fourth-order valence-corrected chi connectivity index (χ4v) is 5.24. The minimum Gasteiger partial charge on any atom is -0.469 e. The predicted molar refractivity (Wildman–Crippen MR) is 141 cm³/mol. The van der Waals surface area contributed by atoms with Gasteiger partial charge in [-0.2, -0.15) is 0 Å². The van der Waals surface area contributed by atoms with Gasteiger partial charge in [0.15, 0.2) is 0 Å². The van der Waals surface area contributed by atoms with Gasteiger partial charge in [-0.05, 0) is 62.8 Å². The van der Waals surface area contributed by atoms with Crippen LogP contribution in [0.5, 0.6) is 0 Å². The summed E-state index contributed by atoms with van der Waals surface area (Å²) in [6.45, 7) is 4.66. The number of aryl methyl sites for hydroxylation is 1. The maximum Gasteiger partial charge on any atom is 0.308 e. The first-order valence-electron chi connectivity index (χ1n) is 12.8. The lowest BCUT2D eigenvalue weighted by Gasteiger charge is -2.28. The third-order valence-corrected chi connectivity index (χ3v) is 7.21. The number of carbonyl (C=O) groups excluding carboxylic acids is 3. The standard InChI is InChI=1S/C29H35N3O4/c1-4-20-10-6-8-12-24(20)31(5-2)27(33)19-32-25-13-9-7-11-22(25)18-26(32)28(34)30-23-16-14-21(15-17-23)29(35)36-3/h6-13,18,21,23H,4-5,14-17,19H2,1-3H3,(H,30,34). The van der Waals surface area contributed by atoms with Gasteiger partial charge in [0.1, 0.15) is 12.2 Å². The van der Waals surface area contributed by atoms with Gasteiger partial charge in [-0.15, -0.1) is 0 Å². The van der Waals surface area contributed by atoms with Gasteiger partial charge in [0.25, 0.3) is 5.91 Å². The van der Waals surface area contributed by atoms with E-state index in [1.165, 1.54) is 7.11 Å². The molecule has 1 aliphatic rings. The number of fused-ring (bicyclic) bond motifs is 1. The minimum atomic E-state index is -0.197. The molecule has 0 atom stereocenters. The number of nitrogens with one attached hydrogen (secondary N) is 1. The summed E-state index contributed by atoms with van der Waals surface area (Å²) >= 11 is 0. The van der Waals surface area contributed by atoms with Crippen molar-refractivity contribution in [2.75, 3.05) is 18.6 Å². The number of ether oxygens (including phenoxy) is 1. The number of benzene rings is 2. The molecule has 4 rings (SSSR count). The quantitative estimate of drug-likeness (QED) is 0.465. The highest BCUT2D eigenvalue weighted by molar-refractivity contribution is 6.01. The predicted octanol–water partition coefficient (Wildman–Crippen LogP) is 4.72. The molecule has 1 N–H and O–H groups in total. The summed E-state index contributed by atoms with van der Waals surface area (Å²) in [7, 11) is 1.41. The van der Waals surface area contributed by atoms with Gasteiger partial charge in [-0.25, -0.2) is 0 Å². The van der Waals surface area contributed by atoms with Gasteiger partial charge < -0.3 is 19.5 Å². The Balaban J connectivity index is 1.56. The lowest BCUT2D eigenvalue weighted by molar-refractivity contribution is -0.146. The van der Waals surface area contributed by atoms with Crippen molar-refractivity contribution < 1.29 is 19.1 Å². The van der Waals surface area contributed by atoms with Crippen molar-refractivity contribution in [3.63, 3.8) is 0 Å². The molecule has 0 unspecified atom stereocenters. The summed E-state index contributed by atoms with van der Waals surface area (Å²) in [5.74, 6) is -0.535. The molecule has 2 amide bonds. The van der Waals surface area contributed by atoms with Gasteiger partial charge >= 0.3 is 5.97 Å². The van der Waals surface area contributed by atoms with E-state index >= 15 is 0 Å². The highest BCUT2D eigenvalue weighted by Gasteiger charge is 2.29. The molecule has 0 spiro atoms. The second-order valence-electron chi connectivity index (χ2n) is 9.34.